The zero-order valence-corrected chi connectivity index (χ0v) is 26.7. The second-order valence-electron chi connectivity index (χ2n) is 12.2. The van der Waals surface area contributed by atoms with E-state index >= 15 is 0 Å². The minimum atomic E-state index is -3.04. The number of rotatable bonds is 17. The smallest absolute Gasteiger partial charge is 0.233 e. The third kappa shape index (κ3) is 8.99. The van der Waals surface area contributed by atoms with Crippen LogP contribution in [0.4, 0.5) is 10.1 Å². The number of nitrogens with zero attached hydrogens (tertiary/aromatic N) is 1. The van der Waals surface area contributed by atoms with Crippen molar-refractivity contribution in [1.82, 2.24) is 0 Å². The summed E-state index contributed by atoms with van der Waals surface area (Å²) >= 11 is 0. The summed E-state index contributed by atoms with van der Waals surface area (Å²) < 4.78 is 36.8. The predicted molar refractivity (Wildman–Crippen MR) is 174 cm³/mol. The van der Waals surface area contributed by atoms with Gasteiger partial charge in [0.1, 0.15) is 15.7 Å². The molecule has 0 bridgehead atoms. The molecule has 4 rings (SSSR count). The number of hydrogen-bond donors (Lipinski definition) is 2. The number of unbranched alkanes of at least 4 members (excludes halogenated alkanes) is 3. The van der Waals surface area contributed by atoms with Crippen LogP contribution in [0.3, 0.4) is 0 Å². The lowest BCUT2D eigenvalue weighted by Gasteiger charge is -2.48. The van der Waals surface area contributed by atoms with Crippen molar-refractivity contribution in [2.45, 2.75) is 88.5 Å². The minimum Gasteiger partial charge on any atom is -0.396 e. The zero-order chi connectivity index (χ0) is 31.7. The van der Waals surface area contributed by atoms with Gasteiger partial charge >= 0.3 is 0 Å². The summed E-state index contributed by atoms with van der Waals surface area (Å²) in [7, 11) is -3.04. The first-order valence-electron chi connectivity index (χ1n) is 15.8. The van der Waals surface area contributed by atoms with Crippen LogP contribution in [0.2, 0.25) is 0 Å². The summed E-state index contributed by atoms with van der Waals surface area (Å²) in [6.45, 7) is 1.98. The Hall–Kier alpha value is -3.07. The Morgan fingerprint density at radius 2 is 1.41 bits per heavy atom. The molecule has 0 radical (unpaired) electrons. The zero-order valence-electron chi connectivity index (χ0n) is 25.9. The molecule has 2 N–H and O–H groups in total. The van der Waals surface area contributed by atoms with E-state index in [2.05, 4.69) is 24.3 Å². The second-order valence-corrected chi connectivity index (χ2v) is 14.7. The Labute approximate surface area is 261 Å². The van der Waals surface area contributed by atoms with Crippen LogP contribution < -0.4 is 4.90 Å². The van der Waals surface area contributed by atoms with E-state index in [0.29, 0.717) is 24.8 Å². The highest BCUT2D eigenvalue weighted by molar-refractivity contribution is 7.91. The lowest BCUT2D eigenvalue weighted by molar-refractivity contribution is -0.131. The molecule has 4 atom stereocenters. The maximum absolute atomic E-state index is 13.6. The van der Waals surface area contributed by atoms with Crippen LogP contribution in [0.1, 0.15) is 92.7 Å². The molecule has 238 valence electrons. The number of benzene rings is 3. The van der Waals surface area contributed by atoms with E-state index in [0.717, 1.165) is 61.8 Å². The number of sulfone groups is 1. The SMILES string of the molecule is CC(CCCc1ccc(N2C(=O)C(CC[C@H](O)c3ccc(F)cc3)[C@H]2c2ccc(CCCCCCO)cc2)cc1)S(C)(=O)=O. The van der Waals surface area contributed by atoms with E-state index in [-0.39, 0.29) is 35.5 Å². The molecule has 0 aliphatic carbocycles. The Kier molecular flexibility index (Phi) is 12.1. The first-order valence-corrected chi connectivity index (χ1v) is 17.8. The monoisotopic (exact) mass is 623 g/mol. The summed E-state index contributed by atoms with van der Waals surface area (Å²) in [5.74, 6) is -0.621. The lowest BCUT2D eigenvalue weighted by Crippen LogP contribution is -2.55. The van der Waals surface area contributed by atoms with Crippen molar-refractivity contribution >= 4 is 21.4 Å². The first kappa shape index (κ1) is 33.8. The molecule has 1 saturated heterocycles. The van der Waals surface area contributed by atoms with Crippen molar-refractivity contribution in [2.24, 2.45) is 5.92 Å². The fourth-order valence-electron chi connectivity index (χ4n) is 6.00. The average Bonchev–Trinajstić information content (AvgIpc) is 3.00. The predicted octanol–water partition coefficient (Wildman–Crippen LogP) is 6.89. The van der Waals surface area contributed by atoms with Crippen LogP contribution in [-0.2, 0) is 27.5 Å². The maximum Gasteiger partial charge on any atom is 0.233 e. The Morgan fingerprint density at radius 3 is 2.02 bits per heavy atom. The van der Waals surface area contributed by atoms with Gasteiger partial charge in [0.05, 0.1) is 23.3 Å². The molecular formula is C36H46FNO5S. The van der Waals surface area contributed by atoms with Crippen LogP contribution in [0.5, 0.6) is 0 Å². The maximum atomic E-state index is 13.6. The van der Waals surface area contributed by atoms with Gasteiger partial charge in [-0.25, -0.2) is 12.8 Å². The summed E-state index contributed by atoms with van der Waals surface area (Å²) in [5, 5.41) is 19.4. The average molecular weight is 624 g/mol. The topological polar surface area (TPSA) is 94.9 Å². The Balaban J connectivity index is 1.45. The summed E-state index contributed by atoms with van der Waals surface area (Å²) in [5.41, 5.74) is 4.84. The Bertz CT molecular complexity index is 1440. The van der Waals surface area contributed by atoms with E-state index in [1.54, 1.807) is 19.1 Å². The molecule has 2 unspecified atom stereocenters. The third-order valence-corrected chi connectivity index (χ3v) is 10.6. The molecule has 1 aliphatic heterocycles. The highest BCUT2D eigenvalue weighted by atomic mass is 32.2. The van der Waals surface area contributed by atoms with Gasteiger partial charge in [0.2, 0.25) is 5.91 Å². The standard InChI is InChI=1S/C36H46FNO5S/c1-26(44(2,42)43)8-7-10-28-13-21-32(22-14-28)38-35(30-15-11-27(12-16-30)9-5-3-4-6-25-39)33(36(38)41)23-24-34(40)29-17-19-31(37)20-18-29/h11-22,26,33-35,39-40H,3-10,23-25H2,1-2H3/t26?,33?,34-,35+/m0/s1. The van der Waals surface area contributed by atoms with Crippen LogP contribution in [-0.4, -0.2) is 42.7 Å². The minimum absolute atomic E-state index is 0.0176. The van der Waals surface area contributed by atoms with Gasteiger partial charge in [0, 0.05) is 18.6 Å². The number of amides is 1. The van der Waals surface area contributed by atoms with Gasteiger partial charge in [-0.1, -0.05) is 61.4 Å². The summed E-state index contributed by atoms with van der Waals surface area (Å²) in [6.07, 6.45) is 8.51. The van der Waals surface area contributed by atoms with Crippen LogP contribution >= 0.6 is 0 Å². The molecule has 8 heteroatoms. The van der Waals surface area contributed by atoms with E-state index in [9.17, 15) is 22.7 Å². The number of halogens is 1. The highest BCUT2D eigenvalue weighted by Crippen LogP contribution is 2.46. The molecule has 0 spiro atoms. The molecule has 44 heavy (non-hydrogen) atoms. The number of carbonyl (C=O) groups is 1. The van der Waals surface area contributed by atoms with Crippen molar-refractivity contribution in [3.05, 3.63) is 101 Å². The normalized spacial score (nSPS) is 18.2. The van der Waals surface area contributed by atoms with E-state index in [1.807, 2.05) is 29.2 Å². The number of aryl methyl sites for hydroxylation is 2. The van der Waals surface area contributed by atoms with Gasteiger partial charge in [-0.05, 0) is 105 Å². The van der Waals surface area contributed by atoms with E-state index in [1.165, 1.54) is 24.0 Å². The molecule has 1 fully saturated rings. The molecule has 3 aromatic rings. The largest absolute Gasteiger partial charge is 0.396 e. The molecule has 0 aromatic heterocycles. The number of β-lactam (4-membered cyclic amide) rings is 1. The highest BCUT2D eigenvalue weighted by Gasteiger charge is 2.48. The first-order chi connectivity index (χ1) is 21.1. The lowest BCUT2D eigenvalue weighted by atomic mass is 9.78. The van der Waals surface area contributed by atoms with Crippen molar-refractivity contribution in [1.29, 1.82) is 0 Å². The van der Waals surface area contributed by atoms with Crippen molar-refractivity contribution < 1.29 is 27.8 Å². The van der Waals surface area contributed by atoms with Crippen LogP contribution in [0, 0.1) is 11.7 Å². The number of carbonyl (C=O) groups excluding carboxylic acids is 1. The molecule has 3 aromatic carbocycles. The number of anilines is 1. The van der Waals surface area contributed by atoms with E-state index < -0.39 is 15.9 Å². The van der Waals surface area contributed by atoms with Gasteiger partial charge in [-0.2, -0.15) is 0 Å². The third-order valence-electron chi connectivity index (χ3n) is 8.94. The van der Waals surface area contributed by atoms with Crippen molar-refractivity contribution in [3.8, 4) is 0 Å². The second kappa shape index (κ2) is 15.8. The van der Waals surface area contributed by atoms with Gasteiger partial charge in [-0.15, -0.1) is 0 Å². The van der Waals surface area contributed by atoms with Crippen LogP contribution in [0.15, 0.2) is 72.8 Å². The molecule has 1 aliphatic rings. The number of aliphatic hydroxyl groups excluding tert-OH is 2. The van der Waals surface area contributed by atoms with Gasteiger partial charge in [0.25, 0.3) is 0 Å². The van der Waals surface area contributed by atoms with Gasteiger partial charge in [-0.3, -0.25) is 4.79 Å². The fourth-order valence-corrected chi connectivity index (χ4v) is 6.59. The summed E-state index contributed by atoms with van der Waals surface area (Å²) in [4.78, 5) is 15.4. The van der Waals surface area contributed by atoms with Crippen molar-refractivity contribution in [3.63, 3.8) is 0 Å². The van der Waals surface area contributed by atoms with E-state index in [4.69, 9.17) is 5.11 Å². The molecule has 1 heterocycles. The fraction of sp³-hybridized carbons (Fsp3) is 0.472. The van der Waals surface area contributed by atoms with Crippen LogP contribution in [0.25, 0.3) is 0 Å². The number of aliphatic hydroxyl groups is 2. The molecular weight excluding hydrogens is 577 g/mol. The molecule has 1 amide bonds. The summed E-state index contributed by atoms with van der Waals surface area (Å²) in [6, 6.07) is 22.1. The van der Waals surface area contributed by atoms with Gasteiger partial charge < -0.3 is 15.1 Å². The van der Waals surface area contributed by atoms with Crippen molar-refractivity contribution in [2.75, 3.05) is 17.8 Å². The molecule has 6 nitrogen and oxygen atoms in total. The molecule has 0 saturated carbocycles. The number of hydrogen-bond acceptors (Lipinski definition) is 5. The quantitative estimate of drug-likeness (QED) is 0.126. The Morgan fingerprint density at radius 1 is 0.818 bits per heavy atom. The van der Waals surface area contributed by atoms with Gasteiger partial charge in [0.15, 0.2) is 0 Å².